The minimum absolute atomic E-state index is 1.16. The SMILES string of the molecule is CBc1cccc(CC)c1CC. The summed E-state index contributed by atoms with van der Waals surface area (Å²) in [5.41, 5.74) is 4.62. The summed E-state index contributed by atoms with van der Waals surface area (Å²) in [6, 6.07) is 6.67. The van der Waals surface area contributed by atoms with Crippen LogP contribution >= 0.6 is 0 Å². The van der Waals surface area contributed by atoms with Crippen LogP contribution in [0.4, 0.5) is 0 Å². The molecule has 1 rings (SSSR count). The van der Waals surface area contributed by atoms with Crippen molar-refractivity contribution in [2.24, 2.45) is 0 Å². The fraction of sp³-hybridized carbons (Fsp3) is 0.455. The molecule has 1 aromatic rings. The molecule has 1 heteroatoms. The maximum absolute atomic E-state index is 2.25. The van der Waals surface area contributed by atoms with Gasteiger partial charge < -0.3 is 0 Å². The lowest BCUT2D eigenvalue weighted by Gasteiger charge is -2.09. The molecule has 0 radical (unpaired) electrons. The molecular weight excluding hydrogens is 143 g/mol. The van der Waals surface area contributed by atoms with Crippen LogP contribution in [0.15, 0.2) is 18.2 Å². The highest BCUT2D eigenvalue weighted by molar-refractivity contribution is 6.52. The molecule has 0 spiro atoms. The van der Waals surface area contributed by atoms with Crippen molar-refractivity contribution in [3.05, 3.63) is 29.3 Å². The minimum atomic E-state index is 1.16. The lowest BCUT2D eigenvalue weighted by molar-refractivity contribution is 1.05. The standard InChI is InChI=1S/C11H17B/c1-4-9-7-6-8-11(12-3)10(9)5-2/h6-8,12H,4-5H2,1-3H3. The van der Waals surface area contributed by atoms with E-state index < -0.39 is 0 Å². The van der Waals surface area contributed by atoms with Crippen LogP contribution in [0.1, 0.15) is 25.0 Å². The van der Waals surface area contributed by atoms with Gasteiger partial charge in [-0.3, -0.25) is 0 Å². The molecule has 0 saturated carbocycles. The van der Waals surface area contributed by atoms with Gasteiger partial charge in [-0.1, -0.05) is 49.9 Å². The molecule has 0 aromatic heterocycles. The summed E-state index contributed by atoms with van der Waals surface area (Å²) >= 11 is 0. The average molecular weight is 160 g/mol. The molecule has 1 aromatic carbocycles. The van der Waals surface area contributed by atoms with Gasteiger partial charge in [-0.15, -0.1) is 0 Å². The van der Waals surface area contributed by atoms with Crippen LogP contribution in [0.5, 0.6) is 0 Å². The van der Waals surface area contributed by atoms with Gasteiger partial charge in [-0.25, -0.2) is 0 Å². The highest BCUT2D eigenvalue weighted by Gasteiger charge is 2.02. The van der Waals surface area contributed by atoms with E-state index in [0.717, 1.165) is 13.7 Å². The van der Waals surface area contributed by atoms with Crippen molar-refractivity contribution in [2.75, 3.05) is 0 Å². The van der Waals surface area contributed by atoms with E-state index in [9.17, 15) is 0 Å². The van der Waals surface area contributed by atoms with E-state index >= 15 is 0 Å². The van der Waals surface area contributed by atoms with Crippen molar-refractivity contribution in [3.63, 3.8) is 0 Å². The molecule has 0 amide bonds. The normalized spacial score (nSPS) is 9.92. The zero-order chi connectivity index (χ0) is 8.97. The molecule has 0 unspecified atom stereocenters. The first-order chi connectivity index (χ1) is 5.83. The van der Waals surface area contributed by atoms with E-state index in [1.807, 2.05) is 0 Å². The van der Waals surface area contributed by atoms with Crippen LogP contribution < -0.4 is 5.46 Å². The molecule has 0 atom stereocenters. The van der Waals surface area contributed by atoms with Gasteiger partial charge in [0, 0.05) is 0 Å². The van der Waals surface area contributed by atoms with E-state index in [1.165, 1.54) is 17.4 Å². The summed E-state index contributed by atoms with van der Waals surface area (Å²) in [6.45, 7) is 6.70. The van der Waals surface area contributed by atoms with Crippen molar-refractivity contribution in [3.8, 4) is 0 Å². The number of benzene rings is 1. The summed E-state index contributed by atoms with van der Waals surface area (Å²) in [7, 11) is 1.16. The van der Waals surface area contributed by atoms with Crippen LogP contribution in [0, 0.1) is 0 Å². The van der Waals surface area contributed by atoms with E-state index in [-0.39, 0.29) is 0 Å². The molecule has 0 heterocycles. The van der Waals surface area contributed by atoms with Gasteiger partial charge in [0.1, 0.15) is 0 Å². The zero-order valence-corrected chi connectivity index (χ0v) is 8.35. The smallest absolute Gasteiger partial charge is 0.0849 e. The lowest BCUT2D eigenvalue weighted by atomic mass is 9.69. The lowest BCUT2D eigenvalue weighted by Crippen LogP contribution is -2.18. The van der Waals surface area contributed by atoms with Crippen molar-refractivity contribution in [1.82, 2.24) is 0 Å². The molecule has 0 aliphatic rings. The molecule has 0 N–H and O–H groups in total. The Bertz CT molecular complexity index is 231. The van der Waals surface area contributed by atoms with Crippen LogP contribution in [0.3, 0.4) is 0 Å². The summed E-state index contributed by atoms with van der Waals surface area (Å²) in [4.78, 5) is 0. The molecule has 0 saturated heterocycles. The first-order valence-corrected chi connectivity index (χ1v) is 4.93. The third-order valence-corrected chi connectivity index (χ3v) is 2.49. The Labute approximate surface area is 76.2 Å². The maximum Gasteiger partial charge on any atom is 0.154 e. The molecular formula is C11H17B. The van der Waals surface area contributed by atoms with Gasteiger partial charge in [0.05, 0.1) is 0 Å². The van der Waals surface area contributed by atoms with Gasteiger partial charge in [0.2, 0.25) is 0 Å². The van der Waals surface area contributed by atoms with Gasteiger partial charge in [-0.2, -0.15) is 0 Å². The second-order valence-corrected chi connectivity index (χ2v) is 3.12. The van der Waals surface area contributed by atoms with Crippen LogP contribution in [-0.2, 0) is 12.8 Å². The van der Waals surface area contributed by atoms with E-state index in [0.29, 0.717) is 0 Å². The number of hydrogen-bond acceptors (Lipinski definition) is 0. The fourth-order valence-corrected chi connectivity index (χ4v) is 1.80. The number of hydrogen-bond donors (Lipinski definition) is 0. The number of rotatable bonds is 3. The van der Waals surface area contributed by atoms with Crippen LogP contribution in [0.25, 0.3) is 0 Å². The third kappa shape index (κ3) is 1.71. The quantitative estimate of drug-likeness (QED) is 0.592. The average Bonchev–Trinajstić information content (AvgIpc) is 2.16. The molecule has 0 nitrogen and oxygen atoms in total. The van der Waals surface area contributed by atoms with E-state index in [2.05, 4.69) is 38.9 Å². The molecule has 0 bridgehead atoms. The van der Waals surface area contributed by atoms with E-state index in [1.54, 1.807) is 5.56 Å². The highest BCUT2D eigenvalue weighted by Crippen LogP contribution is 2.07. The summed E-state index contributed by atoms with van der Waals surface area (Å²) < 4.78 is 0. The van der Waals surface area contributed by atoms with Crippen molar-refractivity contribution >= 4 is 12.7 Å². The maximum atomic E-state index is 2.25. The summed E-state index contributed by atoms with van der Waals surface area (Å²) in [6.07, 6.45) is 2.34. The molecule has 64 valence electrons. The summed E-state index contributed by atoms with van der Waals surface area (Å²) in [5.74, 6) is 0. The van der Waals surface area contributed by atoms with Gasteiger partial charge in [0.25, 0.3) is 0 Å². The molecule has 0 aliphatic heterocycles. The predicted octanol–water partition coefficient (Wildman–Crippen LogP) is 1.92. The minimum Gasteiger partial charge on any atom is -0.0849 e. The topological polar surface area (TPSA) is 0 Å². The van der Waals surface area contributed by atoms with Gasteiger partial charge >= 0.3 is 0 Å². The van der Waals surface area contributed by atoms with Crippen LogP contribution in [-0.4, -0.2) is 7.28 Å². The number of aryl methyl sites for hydroxylation is 1. The van der Waals surface area contributed by atoms with E-state index in [4.69, 9.17) is 0 Å². The van der Waals surface area contributed by atoms with Crippen molar-refractivity contribution in [1.29, 1.82) is 0 Å². The molecule has 0 fully saturated rings. The predicted molar refractivity (Wildman–Crippen MR) is 57.8 cm³/mol. The van der Waals surface area contributed by atoms with Gasteiger partial charge in [-0.05, 0) is 18.4 Å². The molecule has 12 heavy (non-hydrogen) atoms. The second kappa shape index (κ2) is 4.35. The Kier molecular flexibility index (Phi) is 3.39. The van der Waals surface area contributed by atoms with Crippen molar-refractivity contribution in [2.45, 2.75) is 33.5 Å². The zero-order valence-electron chi connectivity index (χ0n) is 8.35. The Morgan fingerprint density at radius 1 is 1.17 bits per heavy atom. The Morgan fingerprint density at radius 3 is 2.42 bits per heavy atom. The first-order valence-electron chi connectivity index (χ1n) is 4.93. The second-order valence-electron chi connectivity index (χ2n) is 3.12. The van der Waals surface area contributed by atoms with Crippen molar-refractivity contribution < 1.29 is 0 Å². The molecule has 0 aliphatic carbocycles. The Morgan fingerprint density at radius 2 is 1.92 bits per heavy atom. The Hall–Kier alpha value is -0.715. The Balaban J connectivity index is 3.13. The monoisotopic (exact) mass is 160 g/mol. The fourth-order valence-electron chi connectivity index (χ4n) is 1.80. The first kappa shape index (κ1) is 9.37. The highest BCUT2D eigenvalue weighted by atomic mass is 14.0. The summed E-state index contributed by atoms with van der Waals surface area (Å²) in [5, 5.41) is 0. The third-order valence-electron chi connectivity index (χ3n) is 2.49. The van der Waals surface area contributed by atoms with Gasteiger partial charge in [0.15, 0.2) is 7.28 Å². The largest absolute Gasteiger partial charge is 0.154 e. The van der Waals surface area contributed by atoms with Crippen LogP contribution in [0.2, 0.25) is 6.82 Å².